The summed E-state index contributed by atoms with van der Waals surface area (Å²) in [6.45, 7) is 6.55. The molecule has 92 valence electrons. The van der Waals surface area contributed by atoms with E-state index < -0.39 is 0 Å². The SMILES string of the molecule is CC(=O)NCCN1CCCC(NC(C)=O)C1. The summed E-state index contributed by atoms with van der Waals surface area (Å²) >= 11 is 0. The predicted molar refractivity (Wildman–Crippen MR) is 62.0 cm³/mol. The second-order valence-electron chi connectivity index (χ2n) is 4.32. The van der Waals surface area contributed by atoms with Crippen molar-refractivity contribution in [3.05, 3.63) is 0 Å². The van der Waals surface area contributed by atoms with E-state index in [0.717, 1.165) is 32.5 Å². The van der Waals surface area contributed by atoms with Crippen LogP contribution < -0.4 is 10.6 Å². The van der Waals surface area contributed by atoms with Crippen molar-refractivity contribution < 1.29 is 9.59 Å². The summed E-state index contributed by atoms with van der Waals surface area (Å²) < 4.78 is 0. The van der Waals surface area contributed by atoms with Gasteiger partial charge in [-0.3, -0.25) is 14.5 Å². The molecule has 1 unspecified atom stereocenters. The highest BCUT2D eigenvalue weighted by Crippen LogP contribution is 2.09. The maximum Gasteiger partial charge on any atom is 0.217 e. The second kappa shape index (κ2) is 6.48. The number of nitrogens with zero attached hydrogens (tertiary/aromatic N) is 1. The lowest BCUT2D eigenvalue weighted by molar-refractivity contribution is -0.120. The van der Waals surface area contributed by atoms with Gasteiger partial charge in [-0.05, 0) is 19.4 Å². The zero-order valence-electron chi connectivity index (χ0n) is 10.1. The van der Waals surface area contributed by atoms with E-state index in [1.54, 1.807) is 6.92 Å². The van der Waals surface area contributed by atoms with Crippen LogP contribution in [0.5, 0.6) is 0 Å². The maximum atomic E-state index is 10.9. The van der Waals surface area contributed by atoms with Gasteiger partial charge in [0.25, 0.3) is 0 Å². The van der Waals surface area contributed by atoms with Crippen molar-refractivity contribution >= 4 is 11.8 Å². The van der Waals surface area contributed by atoms with Crippen molar-refractivity contribution in [3.63, 3.8) is 0 Å². The Kier molecular flexibility index (Phi) is 5.25. The Labute approximate surface area is 96.6 Å². The first-order chi connectivity index (χ1) is 7.58. The largest absolute Gasteiger partial charge is 0.355 e. The molecule has 0 spiro atoms. The molecule has 1 fully saturated rings. The fourth-order valence-corrected chi connectivity index (χ4v) is 2.05. The van der Waals surface area contributed by atoms with Gasteiger partial charge in [0.15, 0.2) is 0 Å². The minimum absolute atomic E-state index is 0.00965. The second-order valence-corrected chi connectivity index (χ2v) is 4.32. The number of hydrogen-bond acceptors (Lipinski definition) is 3. The zero-order chi connectivity index (χ0) is 12.0. The molecule has 0 aromatic carbocycles. The zero-order valence-corrected chi connectivity index (χ0v) is 10.1. The molecule has 1 aliphatic heterocycles. The molecule has 0 aromatic heterocycles. The van der Waals surface area contributed by atoms with Crippen molar-refractivity contribution in [1.82, 2.24) is 15.5 Å². The summed E-state index contributed by atoms with van der Waals surface area (Å²) in [5, 5.41) is 5.72. The number of rotatable bonds is 4. The van der Waals surface area contributed by atoms with Crippen LogP contribution in [0.15, 0.2) is 0 Å². The van der Waals surface area contributed by atoms with Gasteiger partial charge in [0.2, 0.25) is 11.8 Å². The van der Waals surface area contributed by atoms with Gasteiger partial charge < -0.3 is 10.6 Å². The Bertz CT molecular complexity index is 256. The minimum Gasteiger partial charge on any atom is -0.355 e. The van der Waals surface area contributed by atoms with Crippen LogP contribution in [-0.4, -0.2) is 48.9 Å². The Hall–Kier alpha value is -1.10. The highest BCUT2D eigenvalue weighted by Gasteiger charge is 2.19. The number of likely N-dealkylation sites (tertiary alicyclic amines) is 1. The Morgan fingerprint density at radius 1 is 1.31 bits per heavy atom. The molecule has 0 bridgehead atoms. The van der Waals surface area contributed by atoms with Gasteiger partial charge in [-0.2, -0.15) is 0 Å². The molecule has 5 heteroatoms. The topological polar surface area (TPSA) is 61.4 Å². The molecule has 0 saturated carbocycles. The lowest BCUT2D eigenvalue weighted by atomic mass is 10.1. The molecule has 2 N–H and O–H groups in total. The molecule has 0 aromatic rings. The van der Waals surface area contributed by atoms with E-state index in [1.165, 1.54) is 6.92 Å². The quantitative estimate of drug-likeness (QED) is 0.694. The van der Waals surface area contributed by atoms with Crippen LogP contribution in [-0.2, 0) is 9.59 Å². The summed E-state index contributed by atoms with van der Waals surface area (Å²) in [6.07, 6.45) is 2.15. The molecule has 1 saturated heterocycles. The van der Waals surface area contributed by atoms with Crippen LogP contribution in [0.4, 0.5) is 0 Å². The van der Waals surface area contributed by atoms with Crippen molar-refractivity contribution in [3.8, 4) is 0 Å². The van der Waals surface area contributed by atoms with E-state index in [0.29, 0.717) is 6.54 Å². The van der Waals surface area contributed by atoms with Gasteiger partial charge in [0, 0.05) is 39.5 Å². The smallest absolute Gasteiger partial charge is 0.217 e. The van der Waals surface area contributed by atoms with Crippen LogP contribution in [0.25, 0.3) is 0 Å². The average Bonchev–Trinajstić information content (AvgIpc) is 2.16. The molecular formula is C11H21N3O2. The van der Waals surface area contributed by atoms with Crippen molar-refractivity contribution in [2.45, 2.75) is 32.7 Å². The van der Waals surface area contributed by atoms with E-state index in [-0.39, 0.29) is 17.9 Å². The van der Waals surface area contributed by atoms with Crippen LogP contribution in [0.3, 0.4) is 0 Å². The molecular weight excluding hydrogens is 206 g/mol. The predicted octanol–water partition coefficient (Wildman–Crippen LogP) is -0.277. The Balaban J connectivity index is 2.22. The molecule has 1 aliphatic rings. The molecule has 0 aliphatic carbocycles. The Morgan fingerprint density at radius 2 is 2.06 bits per heavy atom. The van der Waals surface area contributed by atoms with Gasteiger partial charge in [0.05, 0.1) is 0 Å². The molecule has 2 amide bonds. The summed E-state index contributed by atoms with van der Waals surface area (Å²) in [5.74, 6) is 0.0455. The van der Waals surface area contributed by atoms with Gasteiger partial charge in [-0.1, -0.05) is 0 Å². The number of hydrogen-bond donors (Lipinski definition) is 2. The maximum absolute atomic E-state index is 10.9. The van der Waals surface area contributed by atoms with E-state index in [9.17, 15) is 9.59 Å². The van der Waals surface area contributed by atoms with Crippen LogP contribution in [0.1, 0.15) is 26.7 Å². The van der Waals surface area contributed by atoms with Gasteiger partial charge in [0.1, 0.15) is 0 Å². The fourth-order valence-electron chi connectivity index (χ4n) is 2.05. The highest BCUT2D eigenvalue weighted by molar-refractivity contribution is 5.73. The van der Waals surface area contributed by atoms with Crippen LogP contribution in [0, 0.1) is 0 Å². The summed E-state index contributed by atoms with van der Waals surface area (Å²) in [5.41, 5.74) is 0. The van der Waals surface area contributed by atoms with Crippen LogP contribution >= 0.6 is 0 Å². The summed E-state index contributed by atoms with van der Waals surface area (Å²) in [6, 6.07) is 0.267. The molecule has 1 rings (SSSR count). The summed E-state index contributed by atoms with van der Waals surface area (Å²) in [7, 11) is 0. The molecule has 1 atom stereocenters. The van der Waals surface area contributed by atoms with Crippen molar-refractivity contribution in [2.24, 2.45) is 0 Å². The standard InChI is InChI=1S/C11H21N3O2/c1-9(15)12-5-7-14-6-3-4-11(8-14)13-10(2)16/h11H,3-8H2,1-2H3,(H,12,15)(H,13,16). The van der Waals surface area contributed by atoms with Crippen molar-refractivity contribution in [1.29, 1.82) is 0 Å². The first kappa shape index (κ1) is 13.0. The normalized spacial score (nSPS) is 21.5. The number of carbonyl (C=O) groups is 2. The lowest BCUT2D eigenvalue weighted by Crippen LogP contribution is -2.48. The van der Waals surface area contributed by atoms with E-state index >= 15 is 0 Å². The first-order valence-corrected chi connectivity index (χ1v) is 5.82. The van der Waals surface area contributed by atoms with Gasteiger partial charge in [-0.25, -0.2) is 0 Å². The van der Waals surface area contributed by atoms with E-state index in [4.69, 9.17) is 0 Å². The third-order valence-electron chi connectivity index (χ3n) is 2.71. The number of carbonyl (C=O) groups excluding carboxylic acids is 2. The summed E-state index contributed by atoms with van der Waals surface area (Å²) in [4.78, 5) is 23.9. The van der Waals surface area contributed by atoms with Gasteiger partial charge in [-0.15, -0.1) is 0 Å². The lowest BCUT2D eigenvalue weighted by Gasteiger charge is -2.32. The highest BCUT2D eigenvalue weighted by atomic mass is 16.2. The van der Waals surface area contributed by atoms with E-state index in [2.05, 4.69) is 15.5 Å². The average molecular weight is 227 g/mol. The minimum atomic E-state index is 0.00965. The Morgan fingerprint density at radius 3 is 2.69 bits per heavy atom. The third kappa shape index (κ3) is 5.11. The molecule has 1 heterocycles. The first-order valence-electron chi connectivity index (χ1n) is 5.82. The molecule has 16 heavy (non-hydrogen) atoms. The number of piperidine rings is 1. The molecule has 5 nitrogen and oxygen atoms in total. The number of nitrogens with one attached hydrogen (secondary N) is 2. The fraction of sp³-hybridized carbons (Fsp3) is 0.818. The molecule has 0 radical (unpaired) electrons. The number of amides is 2. The monoisotopic (exact) mass is 227 g/mol. The third-order valence-corrected chi connectivity index (χ3v) is 2.71. The van der Waals surface area contributed by atoms with Crippen LogP contribution in [0.2, 0.25) is 0 Å². The van der Waals surface area contributed by atoms with Crippen molar-refractivity contribution in [2.75, 3.05) is 26.2 Å². The van der Waals surface area contributed by atoms with Gasteiger partial charge >= 0.3 is 0 Å². The van der Waals surface area contributed by atoms with E-state index in [1.807, 2.05) is 0 Å².